The van der Waals surface area contributed by atoms with Crippen molar-refractivity contribution < 1.29 is 14.1 Å². The molecule has 1 N–H and O–H groups in total. The van der Waals surface area contributed by atoms with E-state index in [-0.39, 0.29) is 11.7 Å². The minimum absolute atomic E-state index is 0.253. The van der Waals surface area contributed by atoms with Crippen molar-refractivity contribution >= 4 is 5.91 Å². The van der Waals surface area contributed by atoms with Crippen molar-refractivity contribution in [2.45, 2.75) is 13.5 Å². The number of aryl methyl sites for hydroxylation is 1. The average Bonchev–Trinajstić information content (AvgIpc) is 2.83. The van der Waals surface area contributed by atoms with Gasteiger partial charge in [0.2, 0.25) is 5.76 Å². The van der Waals surface area contributed by atoms with Crippen molar-refractivity contribution in [3.63, 3.8) is 0 Å². The fourth-order valence-corrected chi connectivity index (χ4v) is 1.52. The summed E-state index contributed by atoms with van der Waals surface area (Å²) in [4.78, 5) is 11.8. The lowest BCUT2D eigenvalue weighted by atomic mass is 10.2. The maximum Gasteiger partial charge on any atom is 0.290 e. The van der Waals surface area contributed by atoms with E-state index < -0.39 is 0 Å². The Bertz CT molecular complexity index is 531. The van der Waals surface area contributed by atoms with Gasteiger partial charge in [-0.25, -0.2) is 0 Å². The lowest BCUT2D eigenvalue weighted by molar-refractivity contribution is 0.0913. The first kappa shape index (κ1) is 12.2. The molecule has 94 valence electrons. The van der Waals surface area contributed by atoms with Crippen molar-refractivity contribution in [3.05, 3.63) is 47.3 Å². The Balaban J connectivity index is 1.95. The predicted octanol–water partition coefficient (Wildman–Crippen LogP) is 1.92. The maximum atomic E-state index is 11.8. The second-order valence-corrected chi connectivity index (χ2v) is 3.87. The normalized spacial score (nSPS) is 10.1. The van der Waals surface area contributed by atoms with Crippen LogP contribution < -0.4 is 10.1 Å². The SMILES string of the molecule is COc1ccc(CNC(=O)c2oncc2C)cc1. The second kappa shape index (κ2) is 5.35. The number of methoxy groups -OCH3 is 1. The Morgan fingerprint density at radius 3 is 2.67 bits per heavy atom. The highest BCUT2D eigenvalue weighted by Gasteiger charge is 2.13. The molecule has 0 aliphatic heterocycles. The number of ether oxygens (including phenoxy) is 1. The molecule has 0 saturated heterocycles. The van der Waals surface area contributed by atoms with Gasteiger partial charge >= 0.3 is 0 Å². The molecular formula is C13H14N2O3. The largest absolute Gasteiger partial charge is 0.497 e. The van der Waals surface area contributed by atoms with Gasteiger partial charge < -0.3 is 14.6 Å². The Kier molecular flexibility index (Phi) is 3.62. The number of nitrogens with zero attached hydrogens (tertiary/aromatic N) is 1. The quantitative estimate of drug-likeness (QED) is 0.895. The molecule has 1 aromatic heterocycles. The Morgan fingerprint density at radius 2 is 2.11 bits per heavy atom. The van der Waals surface area contributed by atoms with Gasteiger partial charge in [0.15, 0.2) is 0 Å². The number of carbonyl (C=O) groups is 1. The standard InChI is InChI=1S/C13H14N2O3/c1-9-7-15-18-12(9)13(16)14-8-10-3-5-11(17-2)6-4-10/h3-7H,8H2,1-2H3,(H,14,16). The minimum atomic E-state index is -0.263. The van der Waals surface area contributed by atoms with Crippen LogP contribution in [0, 0.1) is 6.92 Å². The van der Waals surface area contributed by atoms with E-state index >= 15 is 0 Å². The third-order valence-corrected chi connectivity index (χ3v) is 2.57. The highest BCUT2D eigenvalue weighted by molar-refractivity contribution is 5.92. The molecule has 0 spiro atoms. The van der Waals surface area contributed by atoms with E-state index in [0.29, 0.717) is 6.54 Å². The molecule has 1 amide bonds. The fourth-order valence-electron chi connectivity index (χ4n) is 1.52. The zero-order valence-electron chi connectivity index (χ0n) is 10.3. The Morgan fingerprint density at radius 1 is 1.39 bits per heavy atom. The number of aromatic nitrogens is 1. The molecule has 2 rings (SSSR count). The topological polar surface area (TPSA) is 64.4 Å². The predicted molar refractivity (Wildman–Crippen MR) is 65.4 cm³/mol. The third-order valence-electron chi connectivity index (χ3n) is 2.57. The third kappa shape index (κ3) is 2.68. The van der Waals surface area contributed by atoms with Gasteiger partial charge in [0.05, 0.1) is 13.3 Å². The van der Waals surface area contributed by atoms with E-state index in [9.17, 15) is 4.79 Å². The van der Waals surface area contributed by atoms with Crippen LogP contribution in [0.4, 0.5) is 0 Å². The van der Waals surface area contributed by atoms with Crippen LogP contribution in [0.1, 0.15) is 21.7 Å². The molecule has 5 nitrogen and oxygen atoms in total. The van der Waals surface area contributed by atoms with Crippen LogP contribution in [0.2, 0.25) is 0 Å². The van der Waals surface area contributed by atoms with Crippen molar-refractivity contribution in [2.24, 2.45) is 0 Å². The monoisotopic (exact) mass is 246 g/mol. The Labute approximate surface area is 105 Å². The number of benzene rings is 1. The van der Waals surface area contributed by atoms with E-state index in [2.05, 4.69) is 10.5 Å². The van der Waals surface area contributed by atoms with Crippen LogP contribution in [0.25, 0.3) is 0 Å². The molecule has 0 atom stereocenters. The first-order chi connectivity index (χ1) is 8.70. The maximum absolute atomic E-state index is 11.8. The molecule has 18 heavy (non-hydrogen) atoms. The number of hydrogen-bond acceptors (Lipinski definition) is 4. The summed E-state index contributed by atoms with van der Waals surface area (Å²) in [6, 6.07) is 7.49. The highest BCUT2D eigenvalue weighted by atomic mass is 16.5. The van der Waals surface area contributed by atoms with Crippen molar-refractivity contribution in [3.8, 4) is 5.75 Å². The first-order valence-corrected chi connectivity index (χ1v) is 5.53. The fraction of sp³-hybridized carbons (Fsp3) is 0.231. The first-order valence-electron chi connectivity index (χ1n) is 5.53. The number of rotatable bonds is 4. The van der Waals surface area contributed by atoms with Crippen molar-refractivity contribution in [2.75, 3.05) is 7.11 Å². The summed E-state index contributed by atoms with van der Waals surface area (Å²) >= 11 is 0. The molecule has 0 fully saturated rings. The van der Waals surface area contributed by atoms with Gasteiger partial charge in [-0.3, -0.25) is 4.79 Å². The van der Waals surface area contributed by atoms with Crippen LogP contribution in [-0.2, 0) is 6.54 Å². The van der Waals surface area contributed by atoms with E-state index in [1.54, 1.807) is 14.0 Å². The average molecular weight is 246 g/mol. The van der Waals surface area contributed by atoms with Gasteiger partial charge in [0.1, 0.15) is 5.75 Å². The molecule has 1 aromatic carbocycles. The van der Waals surface area contributed by atoms with Crippen LogP contribution in [0.5, 0.6) is 5.75 Å². The van der Waals surface area contributed by atoms with Crippen LogP contribution in [0.15, 0.2) is 35.0 Å². The molecule has 0 radical (unpaired) electrons. The summed E-state index contributed by atoms with van der Waals surface area (Å²) in [5, 5.41) is 6.33. The molecular weight excluding hydrogens is 232 g/mol. The Hall–Kier alpha value is -2.30. The van der Waals surface area contributed by atoms with Gasteiger partial charge in [0, 0.05) is 12.1 Å². The molecule has 0 bridgehead atoms. The van der Waals surface area contributed by atoms with E-state index in [1.807, 2.05) is 24.3 Å². The molecule has 0 saturated carbocycles. The van der Waals surface area contributed by atoms with Crippen LogP contribution in [-0.4, -0.2) is 18.2 Å². The molecule has 0 aliphatic carbocycles. The van der Waals surface area contributed by atoms with Gasteiger partial charge in [-0.2, -0.15) is 0 Å². The number of amides is 1. The van der Waals surface area contributed by atoms with Crippen LogP contribution >= 0.6 is 0 Å². The van der Waals surface area contributed by atoms with Crippen molar-refractivity contribution in [1.82, 2.24) is 10.5 Å². The molecule has 2 aromatic rings. The summed E-state index contributed by atoms with van der Waals surface area (Å²) in [6.45, 7) is 2.21. The number of hydrogen-bond donors (Lipinski definition) is 1. The summed E-state index contributed by atoms with van der Waals surface area (Å²) in [6.07, 6.45) is 1.52. The van der Waals surface area contributed by atoms with Gasteiger partial charge in [-0.15, -0.1) is 0 Å². The smallest absolute Gasteiger partial charge is 0.290 e. The van der Waals surface area contributed by atoms with Gasteiger partial charge in [0.25, 0.3) is 5.91 Å². The molecule has 5 heteroatoms. The minimum Gasteiger partial charge on any atom is -0.497 e. The van der Waals surface area contributed by atoms with Gasteiger partial charge in [-0.05, 0) is 24.6 Å². The number of nitrogens with one attached hydrogen (secondary N) is 1. The summed E-state index contributed by atoms with van der Waals surface area (Å²) < 4.78 is 9.93. The summed E-state index contributed by atoms with van der Waals surface area (Å²) in [7, 11) is 1.61. The van der Waals surface area contributed by atoms with E-state index in [1.165, 1.54) is 6.20 Å². The highest BCUT2D eigenvalue weighted by Crippen LogP contribution is 2.11. The van der Waals surface area contributed by atoms with Gasteiger partial charge in [-0.1, -0.05) is 17.3 Å². The summed E-state index contributed by atoms with van der Waals surface area (Å²) in [5.41, 5.74) is 1.71. The van der Waals surface area contributed by atoms with E-state index in [4.69, 9.17) is 9.26 Å². The number of carbonyl (C=O) groups excluding carboxylic acids is 1. The zero-order valence-corrected chi connectivity index (χ0v) is 10.3. The molecule has 0 unspecified atom stereocenters. The van der Waals surface area contributed by atoms with Crippen LogP contribution in [0.3, 0.4) is 0 Å². The molecule has 1 heterocycles. The second-order valence-electron chi connectivity index (χ2n) is 3.87. The lowest BCUT2D eigenvalue weighted by Crippen LogP contribution is -2.22. The summed E-state index contributed by atoms with van der Waals surface area (Å²) in [5.74, 6) is 0.778. The zero-order chi connectivity index (χ0) is 13.0. The molecule has 0 aliphatic rings. The van der Waals surface area contributed by atoms with E-state index in [0.717, 1.165) is 16.9 Å². The van der Waals surface area contributed by atoms with Crippen molar-refractivity contribution in [1.29, 1.82) is 0 Å². The lowest BCUT2D eigenvalue weighted by Gasteiger charge is -2.05.